The number of rotatable bonds is 5. The van der Waals surface area contributed by atoms with E-state index in [0.29, 0.717) is 11.6 Å². The molecule has 130 valence electrons. The number of thiazole rings is 1. The lowest BCUT2D eigenvalue weighted by Gasteiger charge is -2.22. The number of aromatic nitrogens is 1. The number of azide groups is 1. The average molecular weight is 358 g/mol. The van der Waals surface area contributed by atoms with Crippen molar-refractivity contribution in [2.75, 3.05) is 19.8 Å². The molecule has 25 heavy (non-hydrogen) atoms. The van der Waals surface area contributed by atoms with Gasteiger partial charge in [0.05, 0.1) is 13.2 Å². The first-order valence-corrected chi connectivity index (χ1v) is 8.75. The zero-order chi connectivity index (χ0) is 17.9. The van der Waals surface area contributed by atoms with Gasteiger partial charge < -0.3 is 9.47 Å². The van der Waals surface area contributed by atoms with Crippen molar-refractivity contribution in [3.8, 4) is 16.3 Å². The van der Waals surface area contributed by atoms with E-state index in [1.165, 1.54) is 11.3 Å². The molecule has 2 aromatic rings. The molecule has 1 unspecified atom stereocenters. The van der Waals surface area contributed by atoms with Gasteiger partial charge >= 0.3 is 0 Å². The van der Waals surface area contributed by atoms with Gasteiger partial charge in [-0.3, -0.25) is 4.79 Å². The van der Waals surface area contributed by atoms with Crippen molar-refractivity contribution in [1.29, 1.82) is 0 Å². The molecule has 1 aliphatic heterocycles. The van der Waals surface area contributed by atoms with Gasteiger partial charge in [-0.25, -0.2) is 4.98 Å². The van der Waals surface area contributed by atoms with Crippen LogP contribution in [0.15, 0.2) is 28.7 Å². The molecule has 1 amide bonds. The summed E-state index contributed by atoms with van der Waals surface area (Å²) < 4.78 is 11.4. The van der Waals surface area contributed by atoms with Crippen molar-refractivity contribution in [3.63, 3.8) is 0 Å². The largest absolute Gasteiger partial charge is 0.493 e. The van der Waals surface area contributed by atoms with Crippen molar-refractivity contribution >= 4 is 17.2 Å². The van der Waals surface area contributed by atoms with E-state index in [4.69, 9.17) is 15.0 Å². The smallest absolute Gasteiger partial charge is 0.268 e. The highest BCUT2D eigenvalue weighted by atomic mass is 32.1. The molecule has 0 N–H and O–H groups in total. The minimum atomic E-state index is -0.672. The van der Waals surface area contributed by atoms with E-state index >= 15 is 0 Å². The third kappa shape index (κ3) is 3.99. The molecule has 8 heteroatoms. The van der Waals surface area contributed by atoms with Crippen molar-refractivity contribution in [2.45, 2.75) is 20.3 Å². The summed E-state index contributed by atoms with van der Waals surface area (Å²) in [7, 11) is 0. The Morgan fingerprint density at radius 2 is 2.40 bits per heavy atom. The maximum atomic E-state index is 11.5. The molecule has 0 saturated carbocycles. The van der Waals surface area contributed by atoms with Crippen molar-refractivity contribution in [3.05, 3.63) is 45.3 Å². The molecule has 1 atom stereocenters. The molecule has 2 heterocycles. The summed E-state index contributed by atoms with van der Waals surface area (Å²) in [5, 5.41) is 5.34. The predicted molar refractivity (Wildman–Crippen MR) is 94.8 cm³/mol. The number of amides is 1. The van der Waals surface area contributed by atoms with Crippen LogP contribution >= 0.6 is 11.3 Å². The molecule has 0 bridgehead atoms. The summed E-state index contributed by atoms with van der Waals surface area (Å²) in [6.07, 6.45) is 1.01. The quantitative estimate of drug-likeness (QED) is 0.450. The Balaban J connectivity index is 1.73. The van der Waals surface area contributed by atoms with E-state index in [9.17, 15) is 4.79 Å². The lowest BCUT2D eigenvalue weighted by Crippen LogP contribution is -2.25. The van der Waals surface area contributed by atoms with Crippen LogP contribution in [0, 0.1) is 12.3 Å². The van der Waals surface area contributed by atoms with Crippen LogP contribution in [0.2, 0.25) is 0 Å². The Morgan fingerprint density at radius 3 is 3.08 bits per heavy atom. The molecule has 1 aliphatic rings. The van der Waals surface area contributed by atoms with Crippen LogP contribution in [0.5, 0.6) is 5.75 Å². The molecule has 7 nitrogen and oxygen atoms in total. The maximum absolute atomic E-state index is 11.5. The van der Waals surface area contributed by atoms with Gasteiger partial charge in [0.1, 0.15) is 16.5 Å². The van der Waals surface area contributed by atoms with Gasteiger partial charge in [-0.15, -0.1) is 11.3 Å². The fourth-order valence-corrected chi connectivity index (χ4v) is 3.41. The molecule has 3 rings (SSSR count). The van der Waals surface area contributed by atoms with Gasteiger partial charge in [-0.05, 0) is 47.8 Å². The van der Waals surface area contributed by atoms with Gasteiger partial charge in [0.15, 0.2) is 0 Å². The van der Waals surface area contributed by atoms with Crippen LogP contribution in [-0.2, 0) is 4.74 Å². The lowest BCUT2D eigenvalue weighted by molar-refractivity contribution is 0.0996. The summed E-state index contributed by atoms with van der Waals surface area (Å²) in [5.74, 6) is 0.160. The fourth-order valence-electron chi connectivity index (χ4n) is 2.62. The van der Waals surface area contributed by atoms with Crippen molar-refractivity contribution < 1.29 is 14.3 Å². The maximum Gasteiger partial charge on any atom is 0.268 e. The molecular weight excluding hydrogens is 340 g/mol. The van der Waals surface area contributed by atoms with Gasteiger partial charge in [-0.2, -0.15) is 0 Å². The summed E-state index contributed by atoms with van der Waals surface area (Å²) in [6.45, 7) is 6.28. The second-order valence-electron chi connectivity index (χ2n) is 6.41. The number of benzene rings is 1. The minimum Gasteiger partial charge on any atom is -0.493 e. The Morgan fingerprint density at radius 1 is 1.56 bits per heavy atom. The van der Waals surface area contributed by atoms with Crippen LogP contribution in [0.4, 0.5) is 0 Å². The Labute approximate surface area is 149 Å². The van der Waals surface area contributed by atoms with Crippen LogP contribution in [-0.4, -0.2) is 30.7 Å². The highest BCUT2D eigenvalue weighted by Crippen LogP contribution is 2.32. The molecule has 0 radical (unpaired) electrons. The Bertz CT molecular complexity index is 836. The average Bonchev–Trinajstić information content (AvgIpc) is 3.24. The minimum absolute atomic E-state index is 0.0664. The van der Waals surface area contributed by atoms with Gasteiger partial charge in [0.25, 0.3) is 5.91 Å². The lowest BCUT2D eigenvalue weighted by atomic mass is 9.91. The van der Waals surface area contributed by atoms with Gasteiger partial charge in [-0.1, -0.05) is 6.92 Å². The molecule has 0 aliphatic carbocycles. The first-order chi connectivity index (χ1) is 12.0. The number of carbonyl (C=O) groups excluding carboxylic acids is 1. The fraction of sp³-hybridized carbons (Fsp3) is 0.412. The van der Waals surface area contributed by atoms with E-state index in [2.05, 4.69) is 21.9 Å². The third-order valence-corrected chi connectivity index (χ3v) is 5.05. The number of carbonyl (C=O) groups is 1. The van der Waals surface area contributed by atoms with Crippen molar-refractivity contribution in [1.82, 2.24) is 4.98 Å². The van der Waals surface area contributed by atoms with E-state index in [1.54, 1.807) is 5.38 Å². The molecular formula is C17H18N4O3S. The number of nitrogens with zero attached hydrogens (tertiary/aromatic N) is 4. The summed E-state index contributed by atoms with van der Waals surface area (Å²) in [4.78, 5) is 18.3. The molecule has 1 aromatic carbocycles. The first kappa shape index (κ1) is 17.4. The standard InChI is InChI=1S/C17H18N4O3S/c1-11-7-12(16-19-13(8-25-16)15(22)20-21-18)3-4-14(11)24-10-17(2)5-6-23-9-17/h3-4,7-8H,5-6,9-10H2,1-2H3. The zero-order valence-corrected chi connectivity index (χ0v) is 14.9. The van der Waals surface area contributed by atoms with Crippen LogP contribution < -0.4 is 4.74 Å². The van der Waals surface area contributed by atoms with Crippen LogP contribution in [0.1, 0.15) is 29.4 Å². The van der Waals surface area contributed by atoms with E-state index in [-0.39, 0.29) is 11.1 Å². The van der Waals surface area contributed by atoms with Crippen LogP contribution in [0.25, 0.3) is 21.0 Å². The number of hydrogen-bond acceptors (Lipinski definition) is 5. The molecule has 1 aromatic heterocycles. The molecule has 1 saturated heterocycles. The molecule has 1 fully saturated rings. The predicted octanol–water partition coefficient (Wildman–Crippen LogP) is 4.37. The van der Waals surface area contributed by atoms with Gasteiger partial charge in [0, 0.05) is 27.9 Å². The second kappa shape index (κ2) is 7.23. The first-order valence-electron chi connectivity index (χ1n) is 7.87. The van der Waals surface area contributed by atoms with E-state index < -0.39 is 5.91 Å². The number of hydrogen-bond donors (Lipinski definition) is 0. The Kier molecular flexibility index (Phi) is 5.03. The van der Waals surface area contributed by atoms with E-state index in [0.717, 1.165) is 36.5 Å². The summed E-state index contributed by atoms with van der Waals surface area (Å²) in [5.41, 5.74) is 10.4. The van der Waals surface area contributed by atoms with Crippen molar-refractivity contribution in [2.24, 2.45) is 10.5 Å². The monoisotopic (exact) mass is 358 g/mol. The van der Waals surface area contributed by atoms with Gasteiger partial charge in [0.2, 0.25) is 0 Å². The SMILES string of the molecule is Cc1cc(-c2nc(C(=O)N=[N+]=[N-])cs2)ccc1OCC1(C)CCOC1. The Hall–Kier alpha value is -2.41. The van der Waals surface area contributed by atoms with Crippen LogP contribution in [0.3, 0.4) is 0 Å². The summed E-state index contributed by atoms with van der Waals surface area (Å²) in [6, 6.07) is 5.81. The zero-order valence-electron chi connectivity index (χ0n) is 14.1. The second-order valence-corrected chi connectivity index (χ2v) is 7.27. The highest BCUT2D eigenvalue weighted by molar-refractivity contribution is 7.13. The highest BCUT2D eigenvalue weighted by Gasteiger charge is 2.30. The normalized spacial score (nSPS) is 19.4. The number of aryl methyl sites for hydroxylation is 1. The third-order valence-electron chi connectivity index (χ3n) is 4.16. The molecule has 0 spiro atoms. The number of ether oxygens (including phenoxy) is 2. The topological polar surface area (TPSA) is 97.2 Å². The summed E-state index contributed by atoms with van der Waals surface area (Å²) >= 11 is 1.33. The van der Waals surface area contributed by atoms with E-state index in [1.807, 2.05) is 25.1 Å².